The predicted octanol–water partition coefficient (Wildman–Crippen LogP) is 4.63. The van der Waals surface area contributed by atoms with Crippen LogP contribution in [0, 0.1) is 13.8 Å². The largest absolute Gasteiger partial charge is 0.294 e. The zero-order valence-electron chi connectivity index (χ0n) is 16.9. The second-order valence-electron chi connectivity index (χ2n) is 7.22. The van der Waals surface area contributed by atoms with Gasteiger partial charge >= 0.3 is 0 Å². The molecule has 0 saturated carbocycles. The highest BCUT2D eigenvalue weighted by Crippen LogP contribution is 2.31. The molecular formula is C23H20ClN5O. The van der Waals surface area contributed by atoms with Crippen LogP contribution in [0.4, 0.5) is 0 Å². The van der Waals surface area contributed by atoms with Crippen LogP contribution in [0.1, 0.15) is 27.2 Å². The van der Waals surface area contributed by atoms with Crippen LogP contribution in [0.25, 0.3) is 22.4 Å². The first-order valence-electron chi connectivity index (χ1n) is 9.46. The molecule has 0 atom stereocenters. The summed E-state index contributed by atoms with van der Waals surface area (Å²) in [5, 5.41) is 4.80. The van der Waals surface area contributed by atoms with E-state index in [2.05, 4.69) is 20.1 Å². The van der Waals surface area contributed by atoms with Crippen molar-refractivity contribution in [1.82, 2.24) is 24.7 Å². The van der Waals surface area contributed by atoms with Crippen LogP contribution in [0.3, 0.4) is 0 Å². The van der Waals surface area contributed by atoms with Gasteiger partial charge in [-0.2, -0.15) is 5.10 Å². The second-order valence-corrected chi connectivity index (χ2v) is 7.63. The van der Waals surface area contributed by atoms with Crippen LogP contribution in [-0.4, -0.2) is 30.5 Å². The number of aryl methyl sites for hydroxylation is 2. The lowest BCUT2D eigenvalue weighted by Gasteiger charge is -2.08. The summed E-state index contributed by atoms with van der Waals surface area (Å²) in [7, 11) is 1.88. The first-order valence-corrected chi connectivity index (χ1v) is 9.84. The first kappa shape index (κ1) is 19.9. The number of rotatable bonds is 5. The van der Waals surface area contributed by atoms with Gasteiger partial charge in [0.05, 0.1) is 35.2 Å². The molecule has 0 aliphatic heterocycles. The van der Waals surface area contributed by atoms with E-state index in [1.54, 1.807) is 35.7 Å². The summed E-state index contributed by atoms with van der Waals surface area (Å²) in [5.74, 6) is -0.0256. The van der Waals surface area contributed by atoms with Crippen LogP contribution in [0.15, 0.2) is 55.4 Å². The van der Waals surface area contributed by atoms with E-state index in [4.69, 9.17) is 11.6 Å². The van der Waals surface area contributed by atoms with Crippen molar-refractivity contribution in [2.45, 2.75) is 20.3 Å². The van der Waals surface area contributed by atoms with E-state index >= 15 is 0 Å². The van der Waals surface area contributed by atoms with Crippen LogP contribution in [0.5, 0.6) is 0 Å². The summed E-state index contributed by atoms with van der Waals surface area (Å²) in [4.78, 5) is 25.7. The molecule has 0 bridgehead atoms. The van der Waals surface area contributed by atoms with Gasteiger partial charge in [-0.05, 0) is 42.7 Å². The lowest BCUT2D eigenvalue weighted by Crippen LogP contribution is -2.09. The van der Waals surface area contributed by atoms with Crippen molar-refractivity contribution in [1.29, 1.82) is 0 Å². The van der Waals surface area contributed by atoms with E-state index in [-0.39, 0.29) is 12.2 Å². The standard InChI is InChI=1S/C23H20ClN5O/c1-14-8-25-11-20(15(14)2)23(30)7-18-10-27-22(12-26-18)19-6-16(4-5-21(19)24)17-9-28-29(3)13-17/h4-6,8-13H,7H2,1-3H3. The van der Waals surface area contributed by atoms with Gasteiger partial charge in [0.2, 0.25) is 0 Å². The number of ketones is 1. The molecule has 0 N–H and O–H groups in total. The Balaban J connectivity index is 1.58. The molecule has 7 heteroatoms. The number of carbonyl (C=O) groups is 1. The van der Waals surface area contributed by atoms with Crippen molar-refractivity contribution < 1.29 is 4.79 Å². The van der Waals surface area contributed by atoms with E-state index in [0.29, 0.717) is 22.0 Å². The minimum absolute atomic E-state index is 0.0256. The number of halogens is 1. The lowest BCUT2D eigenvalue weighted by molar-refractivity contribution is 0.0991. The maximum absolute atomic E-state index is 12.7. The van der Waals surface area contributed by atoms with Crippen molar-refractivity contribution in [3.05, 3.63) is 82.8 Å². The van der Waals surface area contributed by atoms with Gasteiger partial charge in [-0.15, -0.1) is 0 Å². The summed E-state index contributed by atoms with van der Waals surface area (Å²) in [5.41, 5.74) is 6.57. The van der Waals surface area contributed by atoms with Crippen molar-refractivity contribution in [2.24, 2.45) is 7.05 Å². The highest BCUT2D eigenvalue weighted by molar-refractivity contribution is 6.33. The number of pyridine rings is 1. The number of Topliss-reactive ketones (excluding diaryl/α,β-unsaturated/α-hetero) is 1. The summed E-state index contributed by atoms with van der Waals surface area (Å²) < 4.78 is 1.75. The third kappa shape index (κ3) is 4.00. The number of benzene rings is 1. The normalized spacial score (nSPS) is 10.9. The number of carbonyl (C=O) groups excluding carboxylic acids is 1. The third-order valence-electron chi connectivity index (χ3n) is 5.10. The molecule has 0 amide bonds. The fraction of sp³-hybridized carbons (Fsp3) is 0.174. The monoisotopic (exact) mass is 417 g/mol. The second kappa shape index (κ2) is 8.16. The summed E-state index contributed by atoms with van der Waals surface area (Å²) in [6, 6.07) is 5.75. The summed E-state index contributed by atoms with van der Waals surface area (Å²) in [6.07, 6.45) is 10.5. The van der Waals surface area contributed by atoms with Crippen LogP contribution >= 0.6 is 11.6 Å². The van der Waals surface area contributed by atoms with Crippen molar-refractivity contribution in [3.63, 3.8) is 0 Å². The Hall–Kier alpha value is -3.38. The highest BCUT2D eigenvalue weighted by atomic mass is 35.5. The van der Waals surface area contributed by atoms with Gasteiger partial charge in [0, 0.05) is 48.5 Å². The highest BCUT2D eigenvalue weighted by Gasteiger charge is 2.14. The molecule has 3 heterocycles. The number of hydrogen-bond donors (Lipinski definition) is 0. The topological polar surface area (TPSA) is 73.6 Å². The average molecular weight is 418 g/mol. The van der Waals surface area contributed by atoms with Gasteiger partial charge in [-0.3, -0.25) is 24.4 Å². The van der Waals surface area contributed by atoms with E-state index in [1.807, 2.05) is 45.3 Å². The molecule has 0 fully saturated rings. The first-order chi connectivity index (χ1) is 14.4. The Labute approximate surface area is 179 Å². The Morgan fingerprint density at radius 2 is 1.87 bits per heavy atom. The van der Waals surface area contributed by atoms with Crippen molar-refractivity contribution >= 4 is 17.4 Å². The van der Waals surface area contributed by atoms with Crippen LogP contribution < -0.4 is 0 Å². The van der Waals surface area contributed by atoms with Crippen molar-refractivity contribution in [2.75, 3.05) is 0 Å². The summed E-state index contributed by atoms with van der Waals surface area (Å²) >= 11 is 6.41. The molecule has 4 aromatic rings. The number of hydrogen-bond acceptors (Lipinski definition) is 5. The molecule has 3 aromatic heterocycles. The third-order valence-corrected chi connectivity index (χ3v) is 5.42. The van der Waals surface area contributed by atoms with E-state index in [1.165, 1.54) is 0 Å². The van der Waals surface area contributed by atoms with E-state index in [0.717, 1.165) is 27.8 Å². The molecule has 150 valence electrons. The van der Waals surface area contributed by atoms with E-state index in [9.17, 15) is 4.79 Å². The smallest absolute Gasteiger partial charge is 0.170 e. The molecule has 0 radical (unpaired) electrons. The molecule has 0 aliphatic rings. The van der Waals surface area contributed by atoms with E-state index < -0.39 is 0 Å². The van der Waals surface area contributed by atoms with Crippen LogP contribution in [0.2, 0.25) is 5.02 Å². The zero-order valence-corrected chi connectivity index (χ0v) is 17.7. The lowest BCUT2D eigenvalue weighted by atomic mass is 10.0. The maximum Gasteiger partial charge on any atom is 0.170 e. The Morgan fingerprint density at radius 3 is 2.57 bits per heavy atom. The fourth-order valence-electron chi connectivity index (χ4n) is 3.23. The fourth-order valence-corrected chi connectivity index (χ4v) is 3.44. The number of aromatic nitrogens is 5. The minimum atomic E-state index is -0.0256. The van der Waals surface area contributed by atoms with Crippen LogP contribution in [-0.2, 0) is 13.5 Å². The molecule has 30 heavy (non-hydrogen) atoms. The average Bonchev–Trinajstić information content (AvgIpc) is 3.17. The van der Waals surface area contributed by atoms with Gasteiger partial charge in [-0.1, -0.05) is 17.7 Å². The van der Waals surface area contributed by atoms with Gasteiger partial charge < -0.3 is 0 Å². The SMILES string of the molecule is Cc1cncc(C(=O)Cc2cnc(-c3cc(-c4cnn(C)c4)ccc3Cl)cn2)c1C. The Morgan fingerprint density at radius 1 is 1.03 bits per heavy atom. The summed E-state index contributed by atoms with van der Waals surface area (Å²) in [6.45, 7) is 3.87. The maximum atomic E-state index is 12.7. The molecule has 0 aliphatic carbocycles. The van der Waals surface area contributed by atoms with Gasteiger partial charge in [0.25, 0.3) is 0 Å². The minimum Gasteiger partial charge on any atom is -0.294 e. The van der Waals surface area contributed by atoms with Crippen molar-refractivity contribution in [3.8, 4) is 22.4 Å². The molecule has 0 saturated heterocycles. The predicted molar refractivity (Wildman–Crippen MR) is 116 cm³/mol. The molecular weight excluding hydrogens is 398 g/mol. The Bertz CT molecular complexity index is 1230. The van der Waals surface area contributed by atoms with Gasteiger partial charge in [0.1, 0.15) is 0 Å². The molecule has 4 rings (SSSR count). The molecule has 6 nitrogen and oxygen atoms in total. The molecule has 0 unspecified atom stereocenters. The molecule has 0 spiro atoms. The molecule has 1 aromatic carbocycles. The Kier molecular flexibility index (Phi) is 5.42. The zero-order chi connectivity index (χ0) is 21.3. The van der Waals surface area contributed by atoms with Gasteiger partial charge in [0.15, 0.2) is 5.78 Å². The van der Waals surface area contributed by atoms with Gasteiger partial charge in [-0.25, -0.2) is 0 Å². The number of nitrogens with zero attached hydrogens (tertiary/aromatic N) is 5. The quantitative estimate of drug-likeness (QED) is 0.442.